The zero-order valence-electron chi connectivity index (χ0n) is 48.8. The van der Waals surface area contributed by atoms with Crippen molar-refractivity contribution in [2.24, 2.45) is 0 Å². The smallest absolute Gasteiger partial charge is 0.326 e. The van der Waals surface area contributed by atoms with E-state index in [1.807, 2.05) is 40.1 Å². The predicted molar refractivity (Wildman–Crippen MR) is 312 cm³/mol. The van der Waals surface area contributed by atoms with E-state index in [0.717, 1.165) is 12.0 Å². The number of carboxylic acids is 5. The van der Waals surface area contributed by atoms with Crippen LogP contribution in [0.15, 0.2) is 60.7 Å². The van der Waals surface area contributed by atoms with E-state index >= 15 is 0 Å². The SMILES string of the molecule is O=C(O)CC[C@@H](NC(=O)N[C@@H](CCCCNC(=O)CCCCCCC(=O)NCCCCC(NC(=O)C(Cc1ccccc1)NC(=O)C(Cc1ccccc1)NC(=O)CN1CCCNCCN(CC(=O)O)CCCNCC1)C(=O)O)C(=O)O)C(=O)O.[64Cu]. The van der Waals surface area contributed by atoms with Crippen LogP contribution in [0.25, 0.3) is 0 Å². The van der Waals surface area contributed by atoms with Crippen molar-refractivity contribution in [2.75, 3.05) is 78.5 Å². The summed E-state index contributed by atoms with van der Waals surface area (Å²) in [7, 11) is 0. The molecule has 0 saturated carbocycles. The summed E-state index contributed by atoms with van der Waals surface area (Å²) in [4.78, 5) is 141. The van der Waals surface area contributed by atoms with Crippen LogP contribution in [0.3, 0.4) is 0 Å². The third kappa shape index (κ3) is 34.7. The molecule has 27 nitrogen and oxygen atoms in total. The van der Waals surface area contributed by atoms with E-state index in [9.17, 15) is 73.2 Å². The molecule has 3 unspecified atom stereocenters. The number of nitrogens with zero attached hydrogens (tertiary/aromatic N) is 2. The second kappa shape index (κ2) is 44.3. The molecular weight excluding hydrogens is 1170 g/mol. The van der Waals surface area contributed by atoms with Gasteiger partial charge in [-0.05, 0) is 108 Å². The fraction of sp³-hybridized carbons (Fsp3) is 0.603. The molecule has 3 rings (SSSR count). The van der Waals surface area contributed by atoms with E-state index in [4.69, 9.17) is 5.11 Å². The van der Waals surface area contributed by atoms with E-state index in [0.29, 0.717) is 116 Å². The Labute approximate surface area is 512 Å². The third-order valence-corrected chi connectivity index (χ3v) is 14.0. The van der Waals surface area contributed by atoms with Crippen LogP contribution in [0.2, 0.25) is 0 Å². The molecule has 1 aliphatic rings. The van der Waals surface area contributed by atoms with Crippen LogP contribution in [0.1, 0.15) is 114 Å². The topological polar surface area (TPSA) is 404 Å². The monoisotopic (exact) mass is 1260 g/mol. The molecule has 7 amide bonds. The molecule has 1 aliphatic heterocycles. The second-order valence-corrected chi connectivity index (χ2v) is 21.1. The van der Waals surface area contributed by atoms with Gasteiger partial charge in [-0.2, -0.15) is 0 Å². The minimum atomic E-state index is -1.52. The number of rotatable bonds is 38. The minimum absolute atomic E-state index is 0. The van der Waals surface area contributed by atoms with E-state index in [2.05, 4.69) is 47.9 Å². The summed E-state index contributed by atoms with van der Waals surface area (Å²) >= 11 is 0. The Hall–Kier alpha value is -7.23. The Morgan fingerprint density at radius 3 is 1.28 bits per heavy atom. The van der Waals surface area contributed by atoms with Gasteiger partial charge < -0.3 is 73.4 Å². The largest absolute Gasteiger partial charge is 0.481 e. The molecule has 483 valence electrons. The van der Waals surface area contributed by atoms with Gasteiger partial charge in [0.05, 0.1) is 13.1 Å². The number of urea groups is 1. The molecule has 1 radical (unpaired) electrons. The molecule has 1 saturated heterocycles. The van der Waals surface area contributed by atoms with Gasteiger partial charge in [0.25, 0.3) is 0 Å². The first-order valence-electron chi connectivity index (χ1n) is 29.4. The Morgan fingerprint density at radius 2 is 0.837 bits per heavy atom. The molecule has 28 heteroatoms. The van der Waals surface area contributed by atoms with Crippen molar-refractivity contribution in [2.45, 2.75) is 146 Å². The van der Waals surface area contributed by atoms with Crippen molar-refractivity contribution < 1.29 is 95.3 Å². The van der Waals surface area contributed by atoms with Crippen molar-refractivity contribution in [3.63, 3.8) is 0 Å². The van der Waals surface area contributed by atoms with Crippen molar-refractivity contribution in [1.82, 2.24) is 57.7 Å². The van der Waals surface area contributed by atoms with E-state index in [1.54, 1.807) is 30.3 Å². The summed E-state index contributed by atoms with van der Waals surface area (Å²) in [6.45, 7) is 5.39. The van der Waals surface area contributed by atoms with Crippen LogP contribution in [-0.4, -0.2) is 209 Å². The quantitative estimate of drug-likeness (QED) is 0.0324. The van der Waals surface area contributed by atoms with Crippen LogP contribution in [0.4, 0.5) is 4.79 Å². The van der Waals surface area contributed by atoms with Crippen LogP contribution >= 0.6 is 0 Å². The number of benzene rings is 2. The molecule has 2 aromatic carbocycles. The summed E-state index contributed by atoms with van der Waals surface area (Å²) in [5.74, 6) is -8.34. The summed E-state index contributed by atoms with van der Waals surface area (Å²) in [5.41, 5.74) is 1.47. The second-order valence-electron chi connectivity index (χ2n) is 21.1. The number of carboxylic acid groups (broad SMARTS) is 5. The standard InChI is InChI=1S/C58H89N11O16.Cu/c70-48(23-9-1-2-10-24-49(71)62-30-14-12-22-44(56(81)82)66-58(85)67-45(57(83)84)25-26-51(73)74)61-29-13-11-21-43(55(79)80)64-54(78)47(38-42-19-7-4-8-20-42)65-53(77)46(37-41-17-5-3-6-18-41)63-50(72)39-68-33-15-27-60-32-36-69(40-52(75)76)34-16-28-59-31-35-68;/h3-8,17-20,43-47,59-60H,1-2,9-16,21-40H2,(H,61,70)(H,62,71)(H,63,72)(H,64,78)(H,65,77)(H,73,74)(H,75,76)(H,79,80)(H,81,82)(H,83,84)(H2,66,67,85);/t43?,44-,45+,46?,47?;/m0./s1/i;1+0. The molecule has 1 heterocycles. The summed E-state index contributed by atoms with van der Waals surface area (Å²) in [5, 5.41) is 71.9. The average molecular weight is 1260 g/mol. The number of carbonyl (C=O) groups excluding carboxylic acids is 6. The fourth-order valence-electron chi connectivity index (χ4n) is 9.32. The van der Waals surface area contributed by atoms with Gasteiger partial charge in [-0.25, -0.2) is 19.2 Å². The van der Waals surface area contributed by atoms with Crippen molar-refractivity contribution >= 4 is 65.4 Å². The summed E-state index contributed by atoms with van der Waals surface area (Å²) < 4.78 is 0. The zero-order chi connectivity index (χ0) is 62.2. The molecule has 0 bridgehead atoms. The fourth-order valence-corrected chi connectivity index (χ4v) is 9.32. The van der Waals surface area contributed by atoms with Gasteiger partial charge >= 0.3 is 35.9 Å². The number of nitrogens with one attached hydrogen (secondary N) is 9. The van der Waals surface area contributed by atoms with Gasteiger partial charge in [-0.1, -0.05) is 73.5 Å². The average Bonchev–Trinajstić information content (AvgIpc) is 3.46. The Morgan fingerprint density at radius 1 is 0.419 bits per heavy atom. The number of carbonyl (C=O) groups is 11. The molecule has 2 aromatic rings. The number of hydrogen-bond acceptors (Lipinski definition) is 15. The van der Waals surface area contributed by atoms with Crippen molar-refractivity contribution in [3.05, 3.63) is 71.8 Å². The molecular formula is C58H89CuN11O16. The Balaban J connectivity index is 0.0000252. The summed E-state index contributed by atoms with van der Waals surface area (Å²) in [6, 6.07) is 10.5. The van der Waals surface area contributed by atoms with E-state index < -0.39 is 90.2 Å². The van der Waals surface area contributed by atoms with Gasteiger partial charge in [-0.15, -0.1) is 0 Å². The molecule has 0 aliphatic carbocycles. The Kier molecular flexibility index (Phi) is 38.5. The van der Waals surface area contributed by atoms with Crippen LogP contribution < -0.4 is 47.9 Å². The summed E-state index contributed by atoms with van der Waals surface area (Å²) in [6.07, 6.45) is 5.24. The number of amides is 7. The van der Waals surface area contributed by atoms with Crippen molar-refractivity contribution in [1.29, 1.82) is 0 Å². The molecule has 5 atom stereocenters. The minimum Gasteiger partial charge on any atom is -0.481 e. The van der Waals surface area contributed by atoms with Crippen molar-refractivity contribution in [3.8, 4) is 0 Å². The van der Waals surface area contributed by atoms with Gasteiger partial charge in [0.2, 0.25) is 29.5 Å². The molecule has 14 N–H and O–H groups in total. The number of aliphatic carboxylic acids is 5. The normalized spacial score (nSPS) is 15.2. The molecule has 0 aromatic heterocycles. The molecule has 1 fully saturated rings. The maximum absolute atomic E-state index is 14.3. The molecule has 86 heavy (non-hydrogen) atoms. The first-order chi connectivity index (χ1) is 40.8. The van der Waals surface area contributed by atoms with Gasteiger partial charge in [0.1, 0.15) is 30.2 Å². The Bertz CT molecular complexity index is 2400. The first-order valence-corrected chi connectivity index (χ1v) is 29.4. The number of unbranched alkanes of at least 4 members (excludes halogenated alkanes) is 5. The predicted octanol–water partition coefficient (Wildman–Crippen LogP) is 0.654. The first kappa shape index (κ1) is 74.9. The zero-order valence-corrected chi connectivity index (χ0v) is 49.7. The maximum Gasteiger partial charge on any atom is 0.326 e. The van der Waals surface area contributed by atoms with E-state index in [-0.39, 0.29) is 100 Å². The van der Waals surface area contributed by atoms with Gasteiger partial charge in [0.15, 0.2) is 0 Å². The molecule has 0 spiro atoms. The van der Waals surface area contributed by atoms with Gasteiger partial charge in [-0.3, -0.25) is 43.4 Å². The number of hydrogen-bond donors (Lipinski definition) is 14. The van der Waals surface area contributed by atoms with Crippen LogP contribution in [0.5, 0.6) is 0 Å². The van der Waals surface area contributed by atoms with Crippen LogP contribution in [0, 0.1) is 0 Å². The van der Waals surface area contributed by atoms with Gasteiger partial charge in [0, 0.05) is 88.4 Å². The third-order valence-electron chi connectivity index (χ3n) is 14.0. The van der Waals surface area contributed by atoms with E-state index in [1.165, 1.54) is 0 Å². The van der Waals surface area contributed by atoms with Crippen LogP contribution in [-0.2, 0) is 77.9 Å². The maximum atomic E-state index is 14.3.